The zero-order valence-corrected chi connectivity index (χ0v) is 11.3. The molecule has 1 fully saturated rings. The molecule has 5 nitrogen and oxygen atoms in total. The first-order valence-corrected chi connectivity index (χ1v) is 6.47. The minimum atomic E-state index is -0.460. The molecule has 18 heavy (non-hydrogen) atoms. The van der Waals surface area contributed by atoms with Crippen LogP contribution in [0.25, 0.3) is 0 Å². The van der Waals surface area contributed by atoms with Crippen LogP contribution in [0, 0.1) is 12.8 Å². The summed E-state index contributed by atoms with van der Waals surface area (Å²) in [5.74, 6) is 1.48. The minimum Gasteiger partial charge on any atom is -0.464 e. The number of methoxy groups -OCH3 is 1. The van der Waals surface area contributed by atoms with Crippen LogP contribution in [0.5, 0.6) is 0 Å². The topological polar surface area (TPSA) is 70.1 Å². The number of aryl methyl sites for hydroxylation is 1. The van der Waals surface area contributed by atoms with Gasteiger partial charge < -0.3 is 15.0 Å². The van der Waals surface area contributed by atoms with Crippen LogP contribution in [0.3, 0.4) is 0 Å². The number of anilines is 1. The molecule has 1 heterocycles. The largest absolute Gasteiger partial charge is 0.464 e. The van der Waals surface area contributed by atoms with E-state index in [4.69, 9.17) is 10.5 Å². The molecule has 0 bridgehead atoms. The molecule has 0 aliphatic heterocycles. The van der Waals surface area contributed by atoms with Crippen molar-refractivity contribution in [3.8, 4) is 0 Å². The molecule has 5 heteroatoms. The lowest BCUT2D eigenvalue weighted by Gasteiger charge is -2.29. The number of carbonyl (C=O) groups is 1. The van der Waals surface area contributed by atoms with E-state index in [1.54, 1.807) is 0 Å². The van der Waals surface area contributed by atoms with Crippen LogP contribution in [0.15, 0.2) is 0 Å². The van der Waals surface area contributed by atoms with Crippen molar-refractivity contribution in [3.63, 3.8) is 0 Å². The van der Waals surface area contributed by atoms with Crippen molar-refractivity contribution in [2.24, 2.45) is 5.92 Å². The van der Waals surface area contributed by atoms with Gasteiger partial charge in [-0.3, -0.25) is 0 Å². The molecule has 2 N–H and O–H groups in total. The van der Waals surface area contributed by atoms with Crippen LogP contribution in [0.2, 0.25) is 0 Å². The zero-order valence-electron chi connectivity index (χ0n) is 11.3. The minimum absolute atomic E-state index is 0.244. The van der Waals surface area contributed by atoms with E-state index >= 15 is 0 Å². The maximum atomic E-state index is 11.6. The average molecular weight is 251 g/mol. The van der Waals surface area contributed by atoms with Crippen molar-refractivity contribution in [1.29, 1.82) is 0 Å². The normalized spacial score (nSPS) is 23.9. The first-order chi connectivity index (χ1) is 8.54. The Hall–Kier alpha value is -1.52. The molecule has 1 aliphatic carbocycles. The van der Waals surface area contributed by atoms with Gasteiger partial charge in [0, 0.05) is 6.04 Å². The molecule has 1 aromatic heterocycles. The Balaban J connectivity index is 2.33. The van der Waals surface area contributed by atoms with E-state index in [1.807, 2.05) is 11.5 Å². The summed E-state index contributed by atoms with van der Waals surface area (Å²) in [6.07, 6.45) is 4.68. The van der Waals surface area contributed by atoms with E-state index < -0.39 is 5.97 Å². The highest BCUT2D eigenvalue weighted by Gasteiger charge is 2.27. The zero-order chi connectivity index (χ0) is 13.3. The second kappa shape index (κ2) is 5.00. The number of ether oxygens (including phenoxy) is 1. The highest BCUT2D eigenvalue weighted by molar-refractivity contribution is 5.92. The van der Waals surface area contributed by atoms with Crippen LogP contribution in [-0.2, 0) is 4.74 Å². The summed E-state index contributed by atoms with van der Waals surface area (Å²) in [4.78, 5) is 15.8. The number of hydrogen-bond acceptors (Lipinski definition) is 4. The Morgan fingerprint density at radius 1 is 1.50 bits per heavy atom. The van der Waals surface area contributed by atoms with E-state index in [-0.39, 0.29) is 5.69 Å². The van der Waals surface area contributed by atoms with Crippen LogP contribution >= 0.6 is 0 Å². The number of aromatic nitrogens is 2. The Morgan fingerprint density at radius 2 is 2.22 bits per heavy atom. The summed E-state index contributed by atoms with van der Waals surface area (Å²) in [6.45, 7) is 4.15. The number of esters is 1. The molecule has 0 amide bonds. The lowest BCUT2D eigenvalue weighted by Crippen LogP contribution is -2.20. The third-order valence-electron chi connectivity index (χ3n) is 3.78. The van der Waals surface area contributed by atoms with Crippen molar-refractivity contribution >= 4 is 11.8 Å². The second-order valence-corrected chi connectivity index (χ2v) is 5.18. The second-order valence-electron chi connectivity index (χ2n) is 5.18. The average Bonchev–Trinajstić information content (AvgIpc) is 2.64. The van der Waals surface area contributed by atoms with Crippen molar-refractivity contribution in [2.75, 3.05) is 12.8 Å². The van der Waals surface area contributed by atoms with Gasteiger partial charge in [-0.15, -0.1) is 0 Å². The van der Waals surface area contributed by atoms with E-state index in [0.717, 1.165) is 18.7 Å². The summed E-state index contributed by atoms with van der Waals surface area (Å²) < 4.78 is 6.70. The number of carbonyl (C=O) groups excluding carboxylic acids is 1. The molecule has 2 rings (SSSR count). The molecule has 0 aromatic carbocycles. The fourth-order valence-corrected chi connectivity index (χ4v) is 2.91. The van der Waals surface area contributed by atoms with Crippen LogP contribution in [0.1, 0.15) is 55.0 Å². The van der Waals surface area contributed by atoms with E-state index in [9.17, 15) is 4.79 Å². The molecule has 0 spiro atoms. The third kappa shape index (κ3) is 2.21. The van der Waals surface area contributed by atoms with Gasteiger partial charge in [-0.25, -0.2) is 9.78 Å². The number of nitrogens with zero attached hydrogens (tertiary/aromatic N) is 2. The van der Waals surface area contributed by atoms with Gasteiger partial charge in [0.05, 0.1) is 7.11 Å². The van der Waals surface area contributed by atoms with Crippen molar-refractivity contribution in [2.45, 2.75) is 45.6 Å². The van der Waals surface area contributed by atoms with Gasteiger partial charge in [-0.2, -0.15) is 0 Å². The van der Waals surface area contributed by atoms with Crippen LogP contribution < -0.4 is 5.73 Å². The van der Waals surface area contributed by atoms with Crippen LogP contribution in [-0.4, -0.2) is 22.6 Å². The molecule has 1 aliphatic rings. The first kappa shape index (κ1) is 12.9. The van der Waals surface area contributed by atoms with Crippen molar-refractivity contribution < 1.29 is 9.53 Å². The molecule has 0 saturated heterocycles. The van der Waals surface area contributed by atoms with Crippen LogP contribution in [0.4, 0.5) is 5.82 Å². The molecule has 1 saturated carbocycles. The molecule has 2 unspecified atom stereocenters. The van der Waals surface area contributed by atoms with Crippen molar-refractivity contribution in [3.05, 3.63) is 11.5 Å². The maximum Gasteiger partial charge on any atom is 0.360 e. The van der Waals surface area contributed by atoms with Gasteiger partial charge >= 0.3 is 5.97 Å². The predicted octanol–water partition coefficient (Wildman–Crippen LogP) is 2.31. The smallest absolute Gasteiger partial charge is 0.360 e. The standard InChI is InChI=1S/C13H21N3O2/c1-8-5-4-6-10(7-8)16-9(2)15-11(12(16)14)13(17)18-3/h8,10H,4-7,14H2,1-3H3. The van der Waals surface area contributed by atoms with Gasteiger partial charge in [0.15, 0.2) is 5.69 Å². The number of rotatable bonds is 2. The Bertz CT molecular complexity index is 453. The summed E-state index contributed by atoms with van der Waals surface area (Å²) in [5.41, 5.74) is 6.30. The van der Waals surface area contributed by atoms with Gasteiger partial charge in [0.1, 0.15) is 11.6 Å². The maximum absolute atomic E-state index is 11.6. The number of nitrogens with two attached hydrogens (primary N) is 1. The number of nitrogen functional groups attached to an aromatic ring is 1. The summed E-state index contributed by atoms with van der Waals surface area (Å²) >= 11 is 0. The predicted molar refractivity (Wildman–Crippen MR) is 69.4 cm³/mol. The fraction of sp³-hybridized carbons (Fsp3) is 0.692. The van der Waals surface area contributed by atoms with Gasteiger partial charge in [-0.05, 0) is 25.7 Å². The Kier molecular flexibility index (Phi) is 3.59. The quantitative estimate of drug-likeness (QED) is 0.819. The fourth-order valence-electron chi connectivity index (χ4n) is 2.91. The van der Waals surface area contributed by atoms with Gasteiger partial charge in [0.2, 0.25) is 0 Å². The summed E-state index contributed by atoms with van der Waals surface area (Å²) in [5, 5.41) is 0. The number of imidazole rings is 1. The molecule has 0 radical (unpaired) electrons. The Morgan fingerprint density at radius 3 is 2.83 bits per heavy atom. The highest BCUT2D eigenvalue weighted by Crippen LogP contribution is 2.35. The Labute approximate surface area is 107 Å². The first-order valence-electron chi connectivity index (χ1n) is 6.47. The number of hydrogen-bond donors (Lipinski definition) is 1. The molecular formula is C13H21N3O2. The molecule has 2 atom stereocenters. The lowest BCUT2D eigenvalue weighted by atomic mass is 9.87. The molecule has 1 aromatic rings. The molecular weight excluding hydrogens is 230 g/mol. The van der Waals surface area contributed by atoms with E-state index in [1.165, 1.54) is 20.0 Å². The lowest BCUT2D eigenvalue weighted by molar-refractivity contribution is 0.0595. The van der Waals surface area contributed by atoms with Crippen molar-refractivity contribution in [1.82, 2.24) is 9.55 Å². The molecule has 100 valence electrons. The van der Waals surface area contributed by atoms with E-state index in [0.29, 0.717) is 17.8 Å². The van der Waals surface area contributed by atoms with Gasteiger partial charge in [0.25, 0.3) is 0 Å². The monoisotopic (exact) mass is 251 g/mol. The highest BCUT2D eigenvalue weighted by atomic mass is 16.5. The van der Waals surface area contributed by atoms with E-state index in [2.05, 4.69) is 11.9 Å². The van der Waals surface area contributed by atoms with Gasteiger partial charge in [-0.1, -0.05) is 19.8 Å². The third-order valence-corrected chi connectivity index (χ3v) is 3.78. The summed E-state index contributed by atoms with van der Waals surface area (Å²) in [7, 11) is 1.35. The SMILES string of the molecule is COC(=O)c1nc(C)n(C2CCCC(C)C2)c1N. The summed E-state index contributed by atoms with van der Waals surface area (Å²) in [6, 6.07) is 0.361.